The van der Waals surface area contributed by atoms with Crippen molar-refractivity contribution in [3.63, 3.8) is 0 Å². The molecule has 2 rings (SSSR count). The highest BCUT2D eigenvalue weighted by molar-refractivity contribution is 7.80. The van der Waals surface area contributed by atoms with Gasteiger partial charge in [-0.3, -0.25) is 14.9 Å². The van der Waals surface area contributed by atoms with Gasteiger partial charge in [0.05, 0.1) is 0 Å². The summed E-state index contributed by atoms with van der Waals surface area (Å²) in [5, 5.41) is 8.44. The molecule has 0 bridgehead atoms. The first kappa shape index (κ1) is 16.6. The van der Waals surface area contributed by atoms with Gasteiger partial charge in [-0.2, -0.15) is 0 Å². The lowest BCUT2D eigenvalue weighted by Gasteiger charge is -2.10. The lowest BCUT2D eigenvalue weighted by Crippen LogP contribution is -2.34. The fourth-order valence-corrected chi connectivity index (χ4v) is 2.17. The number of hydrogen-bond donors (Lipinski definition) is 3. The van der Waals surface area contributed by atoms with Gasteiger partial charge in [-0.1, -0.05) is 17.7 Å². The van der Waals surface area contributed by atoms with Gasteiger partial charge < -0.3 is 10.6 Å². The fraction of sp³-hybridized carbons (Fsp3) is 0.118. The third-order valence-electron chi connectivity index (χ3n) is 2.97. The van der Waals surface area contributed by atoms with E-state index in [1.165, 1.54) is 6.92 Å². The molecule has 3 N–H and O–H groups in total. The Kier molecular flexibility index (Phi) is 5.43. The summed E-state index contributed by atoms with van der Waals surface area (Å²) in [6, 6.07) is 14.3. The Labute approximate surface area is 140 Å². The van der Waals surface area contributed by atoms with Crippen LogP contribution in [-0.2, 0) is 4.79 Å². The van der Waals surface area contributed by atoms with Crippen molar-refractivity contribution in [2.75, 3.05) is 10.6 Å². The second kappa shape index (κ2) is 7.51. The predicted octanol–water partition coefficient (Wildman–Crippen LogP) is 3.08. The SMILES string of the molecule is CC(=O)Nc1ccc(NC(=S)NC(=O)c2cccc(C)c2)cc1. The molecule has 0 aliphatic heterocycles. The Morgan fingerprint density at radius 1 is 0.957 bits per heavy atom. The number of anilines is 2. The number of carbonyl (C=O) groups is 2. The molecule has 0 unspecified atom stereocenters. The Morgan fingerprint density at radius 2 is 1.57 bits per heavy atom. The van der Waals surface area contributed by atoms with Gasteiger partial charge in [0.1, 0.15) is 0 Å². The van der Waals surface area contributed by atoms with E-state index in [0.29, 0.717) is 16.9 Å². The number of hydrogen-bond acceptors (Lipinski definition) is 3. The summed E-state index contributed by atoms with van der Waals surface area (Å²) in [7, 11) is 0. The summed E-state index contributed by atoms with van der Waals surface area (Å²) in [5.74, 6) is -0.396. The van der Waals surface area contributed by atoms with Crippen LogP contribution in [0.2, 0.25) is 0 Å². The highest BCUT2D eigenvalue weighted by Gasteiger charge is 2.08. The summed E-state index contributed by atoms with van der Waals surface area (Å²) in [6.45, 7) is 3.37. The topological polar surface area (TPSA) is 70.2 Å². The van der Waals surface area contributed by atoms with Crippen LogP contribution in [0.3, 0.4) is 0 Å². The number of nitrogens with one attached hydrogen (secondary N) is 3. The van der Waals surface area contributed by atoms with Crippen LogP contribution < -0.4 is 16.0 Å². The molecule has 0 radical (unpaired) electrons. The zero-order valence-corrected chi connectivity index (χ0v) is 13.7. The number of thiocarbonyl (C=S) groups is 1. The molecule has 6 heteroatoms. The van der Waals surface area contributed by atoms with Crippen LogP contribution in [0, 0.1) is 6.92 Å². The van der Waals surface area contributed by atoms with Crippen molar-refractivity contribution in [2.24, 2.45) is 0 Å². The Hall–Kier alpha value is -2.73. The van der Waals surface area contributed by atoms with Crippen LogP contribution in [-0.4, -0.2) is 16.9 Å². The second-order valence-corrected chi connectivity index (χ2v) is 5.44. The van der Waals surface area contributed by atoms with E-state index in [2.05, 4.69) is 16.0 Å². The zero-order valence-electron chi connectivity index (χ0n) is 12.8. The molecule has 0 heterocycles. The monoisotopic (exact) mass is 327 g/mol. The molecule has 23 heavy (non-hydrogen) atoms. The molecule has 0 atom stereocenters. The first-order valence-electron chi connectivity index (χ1n) is 7.01. The van der Waals surface area contributed by atoms with Crippen LogP contribution in [0.1, 0.15) is 22.8 Å². The van der Waals surface area contributed by atoms with Gasteiger partial charge in [-0.15, -0.1) is 0 Å². The Morgan fingerprint density at radius 3 is 2.13 bits per heavy atom. The molecule has 2 aromatic rings. The molecular formula is C17H17N3O2S. The molecule has 5 nitrogen and oxygen atoms in total. The standard InChI is InChI=1S/C17H17N3O2S/c1-11-4-3-5-13(10-11)16(22)20-17(23)19-15-8-6-14(7-9-15)18-12(2)21/h3-10H,1-2H3,(H,18,21)(H2,19,20,22,23). The maximum Gasteiger partial charge on any atom is 0.257 e. The normalized spacial score (nSPS) is 9.83. The van der Waals surface area contributed by atoms with Crippen molar-refractivity contribution in [3.05, 3.63) is 59.7 Å². The number of aryl methyl sites for hydroxylation is 1. The summed E-state index contributed by atoms with van der Waals surface area (Å²) >= 11 is 5.14. The second-order valence-electron chi connectivity index (χ2n) is 5.04. The average molecular weight is 327 g/mol. The zero-order chi connectivity index (χ0) is 16.8. The smallest absolute Gasteiger partial charge is 0.257 e. The molecule has 0 fully saturated rings. The van der Waals surface area contributed by atoms with Crippen molar-refractivity contribution >= 4 is 40.5 Å². The first-order chi connectivity index (χ1) is 10.9. The molecular weight excluding hydrogens is 310 g/mol. The van der Waals surface area contributed by atoms with Crippen LogP contribution in [0.25, 0.3) is 0 Å². The van der Waals surface area contributed by atoms with Crippen molar-refractivity contribution < 1.29 is 9.59 Å². The lowest BCUT2D eigenvalue weighted by atomic mass is 10.1. The Balaban J connectivity index is 1.94. The summed E-state index contributed by atoms with van der Waals surface area (Å²) in [4.78, 5) is 23.0. The van der Waals surface area contributed by atoms with Crippen LogP contribution >= 0.6 is 12.2 Å². The summed E-state index contributed by atoms with van der Waals surface area (Å²) < 4.78 is 0. The van der Waals surface area contributed by atoms with Gasteiger partial charge in [0.25, 0.3) is 5.91 Å². The average Bonchev–Trinajstić information content (AvgIpc) is 2.48. The van der Waals surface area contributed by atoms with Crippen LogP contribution in [0.5, 0.6) is 0 Å². The van der Waals surface area contributed by atoms with E-state index in [1.807, 2.05) is 19.1 Å². The van der Waals surface area contributed by atoms with E-state index in [4.69, 9.17) is 12.2 Å². The molecule has 0 spiro atoms. The van der Waals surface area contributed by atoms with Crippen LogP contribution in [0.15, 0.2) is 48.5 Å². The quantitative estimate of drug-likeness (QED) is 0.758. The van der Waals surface area contributed by atoms with Crippen molar-refractivity contribution in [1.82, 2.24) is 5.32 Å². The van der Waals surface area contributed by atoms with E-state index < -0.39 is 0 Å². The van der Waals surface area contributed by atoms with Gasteiger partial charge in [-0.05, 0) is 55.5 Å². The van der Waals surface area contributed by atoms with Gasteiger partial charge >= 0.3 is 0 Å². The molecule has 0 saturated heterocycles. The largest absolute Gasteiger partial charge is 0.332 e. The minimum absolute atomic E-state index is 0.133. The van der Waals surface area contributed by atoms with Gasteiger partial charge in [0, 0.05) is 23.9 Å². The Bertz CT molecular complexity index is 742. The number of rotatable bonds is 3. The minimum Gasteiger partial charge on any atom is -0.332 e. The van der Waals surface area contributed by atoms with E-state index in [0.717, 1.165) is 5.56 Å². The van der Waals surface area contributed by atoms with Gasteiger partial charge in [-0.25, -0.2) is 0 Å². The van der Waals surface area contributed by atoms with Gasteiger partial charge in [0.2, 0.25) is 5.91 Å². The summed E-state index contributed by atoms with van der Waals surface area (Å²) in [5.41, 5.74) is 2.96. The molecule has 0 aromatic heterocycles. The van der Waals surface area contributed by atoms with Crippen LogP contribution in [0.4, 0.5) is 11.4 Å². The van der Waals surface area contributed by atoms with E-state index in [1.54, 1.807) is 36.4 Å². The maximum atomic E-state index is 12.1. The third kappa shape index (κ3) is 5.19. The summed E-state index contributed by atoms with van der Waals surface area (Å²) in [6.07, 6.45) is 0. The predicted molar refractivity (Wildman–Crippen MR) is 95.6 cm³/mol. The van der Waals surface area contributed by atoms with E-state index in [9.17, 15) is 9.59 Å². The van der Waals surface area contributed by atoms with Crippen molar-refractivity contribution in [1.29, 1.82) is 0 Å². The molecule has 0 aliphatic rings. The lowest BCUT2D eigenvalue weighted by molar-refractivity contribution is -0.114. The molecule has 2 amide bonds. The van der Waals surface area contributed by atoms with Crippen molar-refractivity contribution in [2.45, 2.75) is 13.8 Å². The highest BCUT2D eigenvalue weighted by Crippen LogP contribution is 2.13. The molecule has 2 aromatic carbocycles. The maximum absolute atomic E-state index is 12.1. The molecule has 0 saturated carbocycles. The number of amides is 2. The highest BCUT2D eigenvalue weighted by atomic mass is 32.1. The van der Waals surface area contributed by atoms with Crippen molar-refractivity contribution in [3.8, 4) is 0 Å². The number of carbonyl (C=O) groups excluding carboxylic acids is 2. The van der Waals surface area contributed by atoms with E-state index in [-0.39, 0.29) is 16.9 Å². The fourth-order valence-electron chi connectivity index (χ4n) is 1.96. The minimum atomic E-state index is -0.263. The molecule has 0 aliphatic carbocycles. The number of benzene rings is 2. The third-order valence-corrected chi connectivity index (χ3v) is 3.17. The van der Waals surface area contributed by atoms with E-state index >= 15 is 0 Å². The molecule has 118 valence electrons. The first-order valence-corrected chi connectivity index (χ1v) is 7.41. The van der Waals surface area contributed by atoms with Gasteiger partial charge in [0.15, 0.2) is 5.11 Å².